The summed E-state index contributed by atoms with van der Waals surface area (Å²) in [6.07, 6.45) is -0.791. The molecule has 118 valence electrons. The molecular formula is C14H15F3N4O. The molecule has 1 atom stereocenters. The van der Waals surface area contributed by atoms with E-state index in [-0.39, 0.29) is 24.7 Å². The summed E-state index contributed by atoms with van der Waals surface area (Å²) in [6, 6.07) is 4.45. The van der Waals surface area contributed by atoms with E-state index in [1.165, 1.54) is 12.3 Å². The Kier molecular flexibility index (Phi) is 5.26. The number of halogens is 3. The van der Waals surface area contributed by atoms with Crippen molar-refractivity contribution in [1.29, 1.82) is 0 Å². The summed E-state index contributed by atoms with van der Waals surface area (Å²) in [5, 5.41) is 12.3. The molecule has 0 bridgehead atoms. The summed E-state index contributed by atoms with van der Waals surface area (Å²) < 4.78 is 36.7. The van der Waals surface area contributed by atoms with Gasteiger partial charge < -0.3 is 10.4 Å². The molecule has 2 aromatic heterocycles. The van der Waals surface area contributed by atoms with Gasteiger partial charge in [0.2, 0.25) is 5.95 Å². The van der Waals surface area contributed by atoms with Gasteiger partial charge in [0.1, 0.15) is 0 Å². The molecule has 0 unspecified atom stereocenters. The topological polar surface area (TPSA) is 70.9 Å². The van der Waals surface area contributed by atoms with Gasteiger partial charge in [0.25, 0.3) is 0 Å². The number of nitrogens with zero attached hydrogens (tertiary/aromatic N) is 3. The molecule has 0 spiro atoms. The van der Waals surface area contributed by atoms with Gasteiger partial charge in [-0.05, 0) is 24.1 Å². The number of aliphatic hydroxyl groups is 1. The van der Waals surface area contributed by atoms with Crippen molar-refractivity contribution >= 4 is 5.95 Å². The van der Waals surface area contributed by atoms with Crippen LogP contribution in [0.5, 0.6) is 0 Å². The zero-order valence-corrected chi connectivity index (χ0v) is 11.6. The number of anilines is 1. The molecule has 0 radical (unpaired) electrons. The summed E-state index contributed by atoms with van der Waals surface area (Å²) in [5.74, 6) is 0.169. The third-order valence-electron chi connectivity index (χ3n) is 2.95. The molecule has 0 aliphatic carbocycles. The second-order valence-electron chi connectivity index (χ2n) is 4.65. The van der Waals surface area contributed by atoms with Crippen LogP contribution in [0.2, 0.25) is 0 Å². The molecular weight excluding hydrogens is 297 g/mol. The minimum absolute atomic E-state index is 0.169. The van der Waals surface area contributed by atoms with E-state index in [4.69, 9.17) is 0 Å². The van der Waals surface area contributed by atoms with E-state index >= 15 is 0 Å². The normalized spacial score (nSPS) is 12.9. The Labute approximate surface area is 125 Å². The number of pyridine rings is 1. The summed E-state index contributed by atoms with van der Waals surface area (Å²) in [7, 11) is 0. The first-order valence-electron chi connectivity index (χ1n) is 6.64. The molecule has 8 heteroatoms. The molecule has 0 saturated heterocycles. The Bertz CT molecular complexity index is 592. The number of hydrogen-bond acceptors (Lipinski definition) is 5. The zero-order chi connectivity index (χ0) is 16.0. The number of rotatable bonds is 6. The lowest BCUT2D eigenvalue weighted by Crippen LogP contribution is -2.17. The third kappa shape index (κ3) is 4.96. The Morgan fingerprint density at radius 1 is 1.23 bits per heavy atom. The Morgan fingerprint density at radius 2 is 2.05 bits per heavy atom. The van der Waals surface area contributed by atoms with Gasteiger partial charge in [0.05, 0.1) is 12.6 Å². The second kappa shape index (κ2) is 7.17. The van der Waals surface area contributed by atoms with Gasteiger partial charge in [-0.1, -0.05) is 6.07 Å². The average molecular weight is 312 g/mol. The Balaban J connectivity index is 2.06. The standard InChI is InChI=1S/C14H15F3N4O/c15-14(16,17)5-3-11-4-7-19-13(20-11)21-12(9-22)10-2-1-6-18-8-10/h1-2,4,6-8,12,22H,3,5,9H2,(H,19,20,21)/t12-/m1/s1. The van der Waals surface area contributed by atoms with Crippen LogP contribution < -0.4 is 5.32 Å². The lowest BCUT2D eigenvalue weighted by Gasteiger charge is -2.16. The van der Waals surface area contributed by atoms with Crippen molar-refractivity contribution in [2.75, 3.05) is 11.9 Å². The number of aryl methyl sites for hydroxylation is 1. The maximum Gasteiger partial charge on any atom is 0.389 e. The van der Waals surface area contributed by atoms with Crippen molar-refractivity contribution in [2.24, 2.45) is 0 Å². The smallest absolute Gasteiger partial charge is 0.389 e. The third-order valence-corrected chi connectivity index (χ3v) is 2.95. The lowest BCUT2D eigenvalue weighted by atomic mass is 10.1. The fourth-order valence-corrected chi connectivity index (χ4v) is 1.85. The highest BCUT2D eigenvalue weighted by Gasteiger charge is 2.26. The van der Waals surface area contributed by atoms with Crippen molar-refractivity contribution in [3.63, 3.8) is 0 Å². The van der Waals surface area contributed by atoms with Gasteiger partial charge in [-0.25, -0.2) is 9.97 Å². The van der Waals surface area contributed by atoms with Crippen LogP contribution in [0.25, 0.3) is 0 Å². The van der Waals surface area contributed by atoms with E-state index in [1.54, 1.807) is 24.5 Å². The van der Waals surface area contributed by atoms with E-state index < -0.39 is 18.6 Å². The largest absolute Gasteiger partial charge is 0.394 e. The minimum atomic E-state index is -4.22. The average Bonchev–Trinajstić information content (AvgIpc) is 2.51. The predicted molar refractivity (Wildman–Crippen MR) is 74.1 cm³/mol. The van der Waals surface area contributed by atoms with Gasteiger partial charge >= 0.3 is 6.18 Å². The number of hydrogen-bond donors (Lipinski definition) is 2. The predicted octanol–water partition coefficient (Wildman–Crippen LogP) is 2.51. The molecule has 0 amide bonds. The summed E-state index contributed by atoms with van der Waals surface area (Å²) >= 11 is 0. The van der Waals surface area contributed by atoms with Gasteiger partial charge in [-0.3, -0.25) is 4.98 Å². The molecule has 5 nitrogen and oxygen atoms in total. The summed E-state index contributed by atoms with van der Waals surface area (Å²) in [5.41, 5.74) is 1.02. The molecule has 0 aliphatic heterocycles. The highest BCUT2D eigenvalue weighted by atomic mass is 19.4. The SMILES string of the molecule is OC[C@@H](Nc1nccc(CCC(F)(F)F)n1)c1cccnc1. The van der Waals surface area contributed by atoms with Crippen molar-refractivity contribution in [1.82, 2.24) is 15.0 Å². The van der Waals surface area contributed by atoms with Crippen molar-refractivity contribution in [2.45, 2.75) is 25.1 Å². The molecule has 0 saturated carbocycles. The second-order valence-corrected chi connectivity index (χ2v) is 4.65. The fraction of sp³-hybridized carbons (Fsp3) is 0.357. The van der Waals surface area contributed by atoms with E-state index in [0.29, 0.717) is 0 Å². The van der Waals surface area contributed by atoms with Gasteiger partial charge in [0.15, 0.2) is 0 Å². The first-order valence-corrected chi connectivity index (χ1v) is 6.64. The summed E-state index contributed by atoms with van der Waals surface area (Å²) in [4.78, 5) is 11.9. The Morgan fingerprint density at radius 3 is 2.68 bits per heavy atom. The van der Waals surface area contributed by atoms with Crippen LogP contribution in [0.1, 0.15) is 23.7 Å². The van der Waals surface area contributed by atoms with E-state index in [2.05, 4.69) is 20.3 Å². The number of aromatic nitrogens is 3. The van der Waals surface area contributed by atoms with E-state index in [1.807, 2.05) is 0 Å². The molecule has 0 fully saturated rings. The first kappa shape index (κ1) is 16.2. The molecule has 0 aromatic carbocycles. The highest BCUT2D eigenvalue weighted by Crippen LogP contribution is 2.22. The zero-order valence-electron chi connectivity index (χ0n) is 11.6. The van der Waals surface area contributed by atoms with Crippen molar-refractivity contribution < 1.29 is 18.3 Å². The van der Waals surface area contributed by atoms with E-state index in [0.717, 1.165) is 5.56 Å². The first-order chi connectivity index (χ1) is 10.5. The number of nitrogens with one attached hydrogen (secondary N) is 1. The summed E-state index contributed by atoms with van der Waals surface area (Å²) in [6.45, 7) is -0.220. The molecule has 22 heavy (non-hydrogen) atoms. The molecule has 2 rings (SSSR count). The quantitative estimate of drug-likeness (QED) is 0.857. The van der Waals surface area contributed by atoms with Crippen LogP contribution in [0.4, 0.5) is 19.1 Å². The molecule has 2 heterocycles. The lowest BCUT2D eigenvalue weighted by molar-refractivity contribution is -0.134. The molecule has 2 N–H and O–H groups in total. The van der Waals surface area contributed by atoms with Crippen molar-refractivity contribution in [3.8, 4) is 0 Å². The van der Waals surface area contributed by atoms with Crippen LogP contribution in [0.15, 0.2) is 36.8 Å². The monoisotopic (exact) mass is 312 g/mol. The van der Waals surface area contributed by atoms with Crippen LogP contribution in [-0.4, -0.2) is 32.8 Å². The van der Waals surface area contributed by atoms with Crippen LogP contribution in [0, 0.1) is 0 Å². The fourth-order valence-electron chi connectivity index (χ4n) is 1.85. The maximum absolute atomic E-state index is 12.2. The van der Waals surface area contributed by atoms with E-state index in [9.17, 15) is 18.3 Å². The van der Waals surface area contributed by atoms with Gasteiger partial charge in [0, 0.05) is 30.7 Å². The van der Waals surface area contributed by atoms with Crippen LogP contribution >= 0.6 is 0 Å². The van der Waals surface area contributed by atoms with Crippen LogP contribution in [-0.2, 0) is 6.42 Å². The highest BCUT2D eigenvalue weighted by molar-refractivity contribution is 5.31. The van der Waals surface area contributed by atoms with Crippen LogP contribution in [0.3, 0.4) is 0 Å². The van der Waals surface area contributed by atoms with Gasteiger partial charge in [-0.15, -0.1) is 0 Å². The minimum Gasteiger partial charge on any atom is -0.394 e. The Hall–Kier alpha value is -2.22. The van der Waals surface area contributed by atoms with Gasteiger partial charge in [-0.2, -0.15) is 13.2 Å². The molecule has 0 aliphatic rings. The maximum atomic E-state index is 12.2. The molecule has 2 aromatic rings. The number of aliphatic hydroxyl groups excluding tert-OH is 1. The van der Waals surface area contributed by atoms with Crippen molar-refractivity contribution in [3.05, 3.63) is 48.0 Å². The number of alkyl halides is 3.